The molecule has 2 heterocycles. The van der Waals surface area contributed by atoms with Crippen molar-refractivity contribution in [2.45, 2.75) is 51.2 Å². The maximum absolute atomic E-state index is 12.8. The van der Waals surface area contributed by atoms with Gasteiger partial charge in [0.2, 0.25) is 0 Å². The van der Waals surface area contributed by atoms with Crippen LogP contribution in [0.25, 0.3) is 0 Å². The van der Waals surface area contributed by atoms with E-state index in [1.54, 1.807) is 0 Å². The minimum atomic E-state index is -0.908. The van der Waals surface area contributed by atoms with Crippen LogP contribution in [0, 0.1) is 11.8 Å². The van der Waals surface area contributed by atoms with Crippen LogP contribution in [0.3, 0.4) is 0 Å². The lowest BCUT2D eigenvalue weighted by molar-refractivity contribution is -0.313. The van der Waals surface area contributed by atoms with Gasteiger partial charge in [0, 0.05) is 5.92 Å². The van der Waals surface area contributed by atoms with Crippen LogP contribution in [0.15, 0.2) is 30.3 Å². The molecule has 0 spiro atoms. The molecule has 0 unspecified atom stereocenters. The van der Waals surface area contributed by atoms with Gasteiger partial charge in [0.15, 0.2) is 5.60 Å². The zero-order chi connectivity index (χ0) is 15.1. The monoisotopic (exact) mass is 288 g/mol. The standard InChI is InChI=1S/C18H24O3/c1-13-9-10-15-17(2,3)21-18(15,16(19)20-12-11-13)14-7-5-4-6-8-14/h4-8,13,15H,9-12H2,1-3H3/t13-,15+,18-/m0/s1. The van der Waals surface area contributed by atoms with E-state index >= 15 is 0 Å². The van der Waals surface area contributed by atoms with Crippen LogP contribution in [-0.4, -0.2) is 18.2 Å². The first-order valence-corrected chi connectivity index (χ1v) is 7.90. The Morgan fingerprint density at radius 3 is 2.48 bits per heavy atom. The number of ether oxygens (including phenoxy) is 2. The normalized spacial score (nSPS) is 35.5. The van der Waals surface area contributed by atoms with E-state index in [4.69, 9.17) is 9.47 Å². The van der Waals surface area contributed by atoms with Gasteiger partial charge in [0.25, 0.3) is 0 Å². The second kappa shape index (κ2) is 5.13. The third kappa shape index (κ3) is 2.28. The third-order valence-electron chi connectivity index (χ3n) is 5.05. The topological polar surface area (TPSA) is 35.5 Å². The molecular formula is C18H24O3. The molecule has 21 heavy (non-hydrogen) atoms. The molecule has 1 aromatic rings. The molecule has 0 aliphatic carbocycles. The average molecular weight is 288 g/mol. The maximum atomic E-state index is 12.8. The van der Waals surface area contributed by atoms with E-state index in [2.05, 4.69) is 20.8 Å². The highest BCUT2D eigenvalue weighted by Crippen LogP contribution is 2.56. The highest BCUT2D eigenvalue weighted by Gasteiger charge is 2.66. The molecule has 2 fully saturated rings. The van der Waals surface area contributed by atoms with E-state index in [0.29, 0.717) is 12.5 Å². The number of hydrogen-bond donors (Lipinski definition) is 0. The first-order valence-electron chi connectivity index (χ1n) is 7.90. The molecule has 0 radical (unpaired) electrons. The molecule has 114 valence electrons. The molecule has 0 aromatic heterocycles. The van der Waals surface area contributed by atoms with Crippen molar-refractivity contribution < 1.29 is 14.3 Å². The number of benzene rings is 1. The number of carbonyl (C=O) groups excluding carboxylic acids is 1. The SMILES string of the molecule is C[C@@H]1CCOC(=O)[C@@]2(c3ccccc3)OC(C)(C)[C@H]2CC1. The number of rotatable bonds is 1. The van der Waals surface area contributed by atoms with Crippen molar-refractivity contribution in [2.24, 2.45) is 11.8 Å². The second-order valence-corrected chi connectivity index (χ2v) is 6.97. The summed E-state index contributed by atoms with van der Waals surface area (Å²) in [6, 6.07) is 9.83. The van der Waals surface area contributed by atoms with Crippen molar-refractivity contribution in [1.82, 2.24) is 0 Å². The van der Waals surface area contributed by atoms with Crippen molar-refractivity contribution in [3.8, 4) is 0 Å². The molecule has 2 aliphatic rings. The van der Waals surface area contributed by atoms with E-state index < -0.39 is 5.60 Å². The fourth-order valence-electron chi connectivity index (χ4n) is 3.84. The molecule has 0 amide bonds. The largest absolute Gasteiger partial charge is 0.463 e. The van der Waals surface area contributed by atoms with E-state index in [-0.39, 0.29) is 17.5 Å². The fraction of sp³-hybridized carbons (Fsp3) is 0.611. The first-order chi connectivity index (χ1) is 9.97. The molecule has 2 aliphatic heterocycles. The van der Waals surface area contributed by atoms with Gasteiger partial charge in [-0.2, -0.15) is 0 Å². The van der Waals surface area contributed by atoms with Gasteiger partial charge in [-0.05, 0) is 38.2 Å². The van der Waals surface area contributed by atoms with Gasteiger partial charge in [-0.15, -0.1) is 0 Å². The van der Waals surface area contributed by atoms with Crippen LogP contribution in [0.2, 0.25) is 0 Å². The number of cyclic esters (lactones) is 1. The third-order valence-corrected chi connectivity index (χ3v) is 5.05. The lowest BCUT2D eigenvalue weighted by atomic mass is 9.64. The van der Waals surface area contributed by atoms with Crippen LogP contribution in [0.1, 0.15) is 45.6 Å². The van der Waals surface area contributed by atoms with Gasteiger partial charge in [-0.25, -0.2) is 4.79 Å². The Bertz CT molecular complexity index is 523. The zero-order valence-corrected chi connectivity index (χ0v) is 13.1. The molecule has 3 heteroatoms. The summed E-state index contributed by atoms with van der Waals surface area (Å²) in [4.78, 5) is 12.8. The summed E-state index contributed by atoms with van der Waals surface area (Å²) in [5, 5.41) is 0. The Hall–Kier alpha value is -1.35. The van der Waals surface area contributed by atoms with Gasteiger partial charge >= 0.3 is 5.97 Å². The fourth-order valence-corrected chi connectivity index (χ4v) is 3.84. The molecule has 3 rings (SSSR count). The highest BCUT2D eigenvalue weighted by atomic mass is 16.6. The zero-order valence-electron chi connectivity index (χ0n) is 13.1. The highest BCUT2D eigenvalue weighted by molar-refractivity contribution is 5.83. The summed E-state index contributed by atoms with van der Waals surface area (Å²) in [6.45, 7) is 6.88. The molecule has 1 aromatic carbocycles. The summed E-state index contributed by atoms with van der Waals surface area (Å²) >= 11 is 0. The van der Waals surface area contributed by atoms with E-state index in [0.717, 1.165) is 24.8 Å². The van der Waals surface area contributed by atoms with Crippen molar-refractivity contribution in [3.05, 3.63) is 35.9 Å². The Labute approximate surface area is 126 Å². The second-order valence-electron chi connectivity index (χ2n) is 6.97. The lowest BCUT2D eigenvalue weighted by Crippen LogP contribution is -2.67. The molecular weight excluding hydrogens is 264 g/mol. The number of fused-ring (bicyclic) bond motifs is 1. The van der Waals surface area contributed by atoms with Crippen LogP contribution in [-0.2, 0) is 19.9 Å². The number of carbonyl (C=O) groups is 1. The van der Waals surface area contributed by atoms with Gasteiger partial charge in [-0.3, -0.25) is 0 Å². The van der Waals surface area contributed by atoms with Crippen molar-refractivity contribution in [1.29, 1.82) is 0 Å². The predicted octanol–water partition coefficient (Wildman–Crippen LogP) is 3.67. The van der Waals surface area contributed by atoms with Gasteiger partial charge in [0.05, 0.1) is 12.2 Å². The average Bonchev–Trinajstić information content (AvgIpc) is 2.49. The van der Waals surface area contributed by atoms with Gasteiger partial charge in [0.1, 0.15) is 0 Å². The minimum Gasteiger partial charge on any atom is -0.463 e. The molecule has 3 atom stereocenters. The van der Waals surface area contributed by atoms with Crippen LogP contribution in [0.4, 0.5) is 0 Å². The summed E-state index contributed by atoms with van der Waals surface area (Å²) in [6.07, 6.45) is 3.05. The summed E-state index contributed by atoms with van der Waals surface area (Å²) < 4.78 is 11.7. The van der Waals surface area contributed by atoms with Crippen molar-refractivity contribution >= 4 is 5.97 Å². The summed E-state index contributed by atoms with van der Waals surface area (Å²) in [5.74, 6) is 0.536. The number of hydrogen-bond acceptors (Lipinski definition) is 3. The predicted molar refractivity (Wildman–Crippen MR) is 80.7 cm³/mol. The van der Waals surface area contributed by atoms with Crippen LogP contribution in [0.5, 0.6) is 0 Å². The van der Waals surface area contributed by atoms with E-state index in [9.17, 15) is 4.79 Å². The van der Waals surface area contributed by atoms with Crippen molar-refractivity contribution in [3.63, 3.8) is 0 Å². The quantitative estimate of drug-likeness (QED) is 0.740. The lowest BCUT2D eigenvalue weighted by Gasteiger charge is -2.58. The summed E-state index contributed by atoms with van der Waals surface area (Å²) in [5.41, 5.74) is -0.262. The Morgan fingerprint density at radius 2 is 1.81 bits per heavy atom. The van der Waals surface area contributed by atoms with Crippen LogP contribution < -0.4 is 0 Å². The molecule has 3 nitrogen and oxygen atoms in total. The maximum Gasteiger partial charge on any atom is 0.343 e. The molecule has 2 saturated heterocycles. The number of esters is 1. The van der Waals surface area contributed by atoms with Gasteiger partial charge < -0.3 is 9.47 Å². The summed E-state index contributed by atoms with van der Waals surface area (Å²) in [7, 11) is 0. The molecule has 0 N–H and O–H groups in total. The van der Waals surface area contributed by atoms with E-state index in [1.165, 1.54) is 0 Å². The molecule has 0 bridgehead atoms. The van der Waals surface area contributed by atoms with Crippen molar-refractivity contribution in [2.75, 3.05) is 6.61 Å². The Kier molecular flexibility index (Phi) is 3.56. The van der Waals surface area contributed by atoms with Crippen LogP contribution >= 0.6 is 0 Å². The molecule has 0 saturated carbocycles. The smallest absolute Gasteiger partial charge is 0.343 e. The Morgan fingerprint density at radius 1 is 1.10 bits per heavy atom. The Balaban J connectivity index is 2.02. The van der Waals surface area contributed by atoms with Gasteiger partial charge in [-0.1, -0.05) is 43.7 Å². The first kappa shape index (κ1) is 14.6. The minimum absolute atomic E-state index is 0.167. The van der Waals surface area contributed by atoms with E-state index in [1.807, 2.05) is 30.3 Å².